The monoisotopic (exact) mass is 558 g/mol. The number of amides is 2. The van der Waals surface area contributed by atoms with Gasteiger partial charge in [0.25, 0.3) is 5.91 Å². The minimum Gasteiger partial charge on any atom is -0.544 e. The van der Waals surface area contributed by atoms with E-state index in [1.807, 2.05) is 0 Å². The van der Waals surface area contributed by atoms with Crippen LogP contribution >= 0.6 is 11.6 Å². The van der Waals surface area contributed by atoms with Crippen molar-refractivity contribution in [3.63, 3.8) is 0 Å². The van der Waals surface area contributed by atoms with Crippen LogP contribution in [-0.2, 0) is 25.7 Å². The Labute approximate surface area is 246 Å². The van der Waals surface area contributed by atoms with Gasteiger partial charge in [-0.05, 0) is 29.8 Å². The quantitative estimate of drug-likeness (QED) is 0.182. The van der Waals surface area contributed by atoms with Crippen molar-refractivity contribution in [3.05, 3.63) is 70.7 Å². The second kappa shape index (κ2) is 14.4. The molecule has 11 nitrogen and oxygen atoms in total. The second-order valence-electron chi connectivity index (χ2n) is 8.67. The van der Waals surface area contributed by atoms with Gasteiger partial charge in [0.2, 0.25) is 11.7 Å². The summed E-state index contributed by atoms with van der Waals surface area (Å²) in [6.45, 7) is 0.467. The summed E-state index contributed by atoms with van der Waals surface area (Å²) in [6, 6.07) is 13.2. The molecule has 0 radical (unpaired) electrons. The van der Waals surface area contributed by atoms with Crippen molar-refractivity contribution in [2.45, 2.75) is 56.2 Å². The fourth-order valence-corrected chi connectivity index (χ4v) is 4.08. The summed E-state index contributed by atoms with van der Waals surface area (Å²) >= 11 is 5.81. The number of rotatable bonds is 10. The van der Waals surface area contributed by atoms with Gasteiger partial charge in [-0.3, -0.25) is 9.59 Å². The minimum atomic E-state index is -2.50. The van der Waals surface area contributed by atoms with Gasteiger partial charge in [0.1, 0.15) is 18.2 Å². The average molecular weight is 559 g/mol. The van der Waals surface area contributed by atoms with Crippen molar-refractivity contribution in [2.24, 2.45) is 0 Å². The van der Waals surface area contributed by atoms with E-state index in [0.717, 1.165) is 6.92 Å². The molecule has 0 saturated carbocycles. The Morgan fingerprint density at radius 3 is 2.37 bits per heavy atom. The molecule has 13 heteroatoms. The summed E-state index contributed by atoms with van der Waals surface area (Å²) in [5.41, 5.74) is 0.851. The third-order valence-electron chi connectivity index (χ3n) is 5.88. The number of aliphatic carboxylic acids is 1. The van der Waals surface area contributed by atoms with Gasteiger partial charge in [0.05, 0.1) is 24.9 Å². The molecule has 0 unspecified atom stereocenters. The molecule has 6 atom stereocenters. The van der Waals surface area contributed by atoms with E-state index in [1.54, 1.807) is 30.3 Å². The standard InChI is InChI=1S/C25H29ClN2O9.Na/c1-14(29)28-20-18(30)11-25(24(34)35,36-13-15-5-3-2-4-6-15)37-22(20)21(32)19(31)12-27-23(33)16-7-9-17(26)10-8-16;/h2-10,18-22,30-32H,11-13H2,1H3,(H,27,33)(H,28,29)(H,34,35);/q;+1/p-1/t18-,19+,20+,21-,22+,25+;/m0./s1. The van der Waals surface area contributed by atoms with Crippen LogP contribution in [0.5, 0.6) is 0 Å². The number of carbonyl (C=O) groups is 3. The Morgan fingerprint density at radius 1 is 1.16 bits per heavy atom. The van der Waals surface area contributed by atoms with Crippen molar-refractivity contribution in [1.82, 2.24) is 10.6 Å². The first kappa shape index (κ1) is 32.2. The summed E-state index contributed by atoms with van der Waals surface area (Å²) < 4.78 is 11.2. The molecule has 3 rings (SSSR count). The summed E-state index contributed by atoms with van der Waals surface area (Å²) in [4.78, 5) is 36.2. The van der Waals surface area contributed by atoms with Crippen molar-refractivity contribution < 1.29 is 73.8 Å². The molecule has 2 amide bonds. The van der Waals surface area contributed by atoms with Crippen LogP contribution in [0.2, 0.25) is 5.02 Å². The van der Waals surface area contributed by atoms with E-state index < -0.39 is 67.0 Å². The van der Waals surface area contributed by atoms with Crippen LogP contribution < -0.4 is 45.3 Å². The number of aliphatic hydroxyl groups is 3. The molecule has 1 aliphatic rings. The number of ether oxygens (including phenoxy) is 2. The first-order valence-corrected chi connectivity index (χ1v) is 11.8. The fraction of sp³-hybridized carbons (Fsp3) is 0.400. The maximum absolute atomic E-state index is 12.4. The first-order chi connectivity index (χ1) is 17.5. The number of hydrogen-bond donors (Lipinski definition) is 5. The van der Waals surface area contributed by atoms with Crippen molar-refractivity contribution in [2.75, 3.05) is 6.54 Å². The zero-order chi connectivity index (χ0) is 27.2. The zero-order valence-corrected chi connectivity index (χ0v) is 23.6. The summed E-state index contributed by atoms with van der Waals surface area (Å²) in [5.74, 6) is -5.48. The van der Waals surface area contributed by atoms with E-state index in [4.69, 9.17) is 21.1 Å². The van der Waals surface area contributed by atoms with Gasteiger partial charge < -0.3 is 45.3 Å². The fourth-order valence-electron chi connectivity index (χ4n) is 3.96. The Bertz CT molecular complexity index is 1090. The molecule has 0 spiro atoms. The largest absolute Gasteiger partial charge is 1.00 e. The van der Waals surface area contributed by atoms with E-state index in [1.165, 1.54) is 24.3 Å². The smallest absolute Gasteiger partial charge is 0.544 e. The maximum atomic E-state index is 12.4. The molecule has 5 N–H and O–H groups in total. The number of nitrogens with one attached hydrogen (secondary N) is 2. The molecule has 1 aliphatic heterocycles. The SMILES string of the molecule is CC(=O)N[C@H]1[C@H]([C@@H](O)[C@H](O)CNC(=O)c2ccc(Cl)cc2)O[C@@](OCc2ccccc2)(C(=O)[O-])C[C@@H]1O.[Na+]. The van der Waals surface area contributed by atoms with Crippen LogP contribution in [0.4, 0.5) is 0 Å². The van der Waals surface area contributed by atoms with Crippen LogP contribution in [0.15, 0.2) is 54.6 Å². The van der Waals surface area contributed by atoms with Crippen LogP contribution in [0.1, 0.15) is 29.3 Å². The molecule has 0 aliphatic carbocycles. The van der Waals surface area contributed by atoms with E-state index in [2.05, 4.69) is 10.6 Å². The molecule has 0 bridgehead atoms. The molecule has 2 aromatic carbocycles. The van der Waals surface area contributed by atoms with Crippen LogP contribution in [0.3, 0.4) is 0 Å². The molecule has 2 aromatic rings. The molecule has 1 saturated heterocycles. The van der Waals surface area contributed by atoms with Gasteiger partial charge in [0.15, 0.2) is 0 Å². The summed E-state index contributed by atoms with van der Waals surface area (Å²) in [6.07, 6.45) is -7.38. The van der Waals surface area contributed by atoms with Crippen LogP contribution in [-0.4, -0.2) is 75.9 Å². The van der Waals surface area contributed by atoms with Crippen molar-refractivity contribution in [3.8, 4) is 0 Å². The number of benzene rings is 2. The van der Waals surface area contributed by atoms with Crippen molar-refractivity contribution >= 4 is 29.4 Å². The van der Waals surface area contributed by atoms with E-state index in [-0.39, 0.29) is 41.7 Å². The molecule has 0 aromatic heterocycles. The maximum Gasteiger partial charge on any atom is 1.00 e. The molecular formula is C25H28ClN2NaO9. The van der Waals surface area contributed by atoms with Gasteiger partial charge >= 0.3 is 29.6 Å². The Balaban J connectivity index is 0.00000507. The normalized spacial score (nSPS) is 24.4. The van der Waals surface area contributed by atoms with Gasteiger partial charge in [-0.15, -0.1) is 0 Å². The predicted molar refractivity (Wildman–Crippen MR) is 128 cm³/mol. The van der Waals surface area contributed by atoms with Crippen LogP contribution in [0, 0.1) is 0 Å². The third-order valence-corrected chi connectivity index (χ3v) is 6.13. The number of carboxylic acids is 1. The number of carboxylic acid groups (broad SMARTS) is 1. The molecule has 38 heavy (non-hydrogen) atoms. The van der Waals surface area contributed by atoms with E-state index in [0.29, 0.717) is 10.6 Å². The van der Waals surface area contributed by atoms with Gasteiger partial charge in [-0.25, -0.2) is 0 Å². The molecular weight excluding hydrogens is 531 g/mol. The van der Waals surface area contributed by atoms with Crippen molar-refractivity contribution in [1.29, 1.82) is 0 Å². The number of carbonyl (C=O) groups excluding carboxylic acids is 3. The Morgan fingerprint density at radius 2 is 1.79 bits per heavy atom. The number of halogens is 1. The minimum absolute atomic E-state index is 0. The number of aliphatic hydroxyl groups excluding tert-OH is 3. The van der Waals surface area contributed by atoms with Crippen LogP contribution in [0.25, 0.3) is 0 Å². The molecule has 1 fully saturated rings. The molecule has 200 valence electrons. The predicted octanol–water partition coefficient (Wildman–Crippen LogP) is -3.89. The average Bonchev–Trinajstić information content (AvgIpc) is 2.87. The summed E-state index contributed by atoms with van der Waals surface area (Å²) in [5, 5.41) is 49.6. The van der Waals surface area contributed by atoms with Gasteiger partial charge in [-0.2, -0.15) is 0 Å². The second-order valence-corrected chi connectivity index (χ2v) is 9.11. The van der Waals surface area contributed by atoms with Gasteiger partial charge in [0, 0.05) is 30.5 Å². The Kier molecular flexibility index (Phi) is 12.2. The summed E-state index contributed by atoms with van der Waals surface area (Å²) in [7, 11) is 0. The number of hydrogen-bond acceptors (Lipinski definition) is 9. The van der Waals surface area contributed by atoms with E-state index >= 15 is 0 Å². The topological polar surface area (TPSA) is 177 Å². The molecule has 1 heterocycles. The zero-order valence-electron chi connectivity index (χ0n) is 20.9. The van der Waals surface area contributed by atoms with E-state index in [9.17, 15) is 34.8 Å². The first-order valence-electron chi connectivity index (χ1n) is 11.4. The Hall–Kier alpha value is -2.06. The third kappa shape index (κ3) is 8.22. The van der Waals surface area contributed by atoms with Gasteiger partial charge in [-0.1, -0.05) is 41.9 Å².